The molecule has 1 amide bonds. The Labute approximate surface area is 267 Å². The van der Waals surface area contributed by atoms with Gasteiger partial charge >= 0.3 is 0 Å². The highest BCUT2D eigenvalue weighted by molar-refractivity contribution is 6.30. The molecule has 230 valence electrons. The first-order chi connectivity index (χ1) is 21.9. The third kappa shape index (κ3) is 6.23. The van der Waals surface area contributed by atoms with Crippen LogP contribution in [0.4, 0.5) is 17.3 Å². The van der Waals surface area contributed by atoms with Crippen molar-refractivity contribution in [2.75, 3.05) is 29.9 Å². The number of likely N-dealkylation sites (tertiary alicyclic amines) is 1. The number of benzene rings is 2. The normalized spacial score (nSPS) is 18.2. The number of aliphatic hydroxyl groups is 1. The molecule has 5 heterocycles. The number of piperidine rings is 2. The second kappa shape index (κ2) is 12.5. The molecule has 7 rings (SSSR count). The summed E-state index contributed by atoms with van der Waals surface area (Å²) in [6.45, 7) is 2.13. The molecule has 5 aromatic rings. The van der Waals surface area contributed by atoms with Gasteiger partial charge in [0.1, 0.15) is 0 Å². The number of aromatic nitrogens is 4. The van der Waals surface area contributed by atoms with Crippen LogP contribution in [0.25, 0.3) is 5.65 Å². The molecule has 9 nitrogen and oxygen atoms in total. The van der Waals surface area contributed by atoms with Crippen molar-refractivity contribution in [3.05, 3.63) is 113 Å². The highest BCUT2D eigenvalue weighted by Crippen LogP contribution is 2.36. The van der Waals surface area contributed by atoms with E-state index in [9.17, 15) is 9.90 Å². The molecule has 1 atom stereocenters. The number of anilines is 3. The van der Waals surface area contributed by atoms with E-state index < -0.39 is 5.60 Å². The number of pyridine rings is 2. The molecule has 3 aromatic heterocycles. The number of nitrogens with one attached hydrogen (secondary N) is 1. The molecular formula is C35H36ClN7O2. The van der Waals surface area contributed by atoms with Crippen molar-refractivity contribution in [2.24, 2.45) is 0 Å². The molecule has 2 fully saturated rings. The molecule has 0 spiro atoms. The number of amides is 1. The van der Waals surface area contributed by atoms with Gasteiger partial charge in [0.15, 0.2) is 5.65 Å². The van der Waals surface area contributed by atoms with Gasteiger partial charge in [0.2, 0.25) is 5.95 Å². The average molecular weight is 622 g/mol. The summed E-state index contributed by atoms with van der Waals surface area (Å²) in [6.07, 6.45) is 8.80. The Balaban J connectivity index is 1.02. The van der Waals surface area contributed by atoms with Crippen LogP contribution in [0.2, 0.25) is 5.02 Å². The van der Waals surface area contributed by atoms with E-state index in [1.807, 2.05) is 96.2 Å². The van der Waals surface area contributed by atoms with Crippen LogP contribution in [0, 0.1) is 0 Å². The number of hydrogen-bond acceptors (Lipinski definition) is 7. The molecule has 0 radical (unpaired) electrons. The average Bonchev–Trinajstić information content (AvgIpc) is 3.49. The Hall–Kier alpha value is -4.47. The van der Waals surface area contributed by atoms with E-state index in [4.69, 9.17) is 16.6 Å². The topological polar surface area (TPSA) is 98.9 Å². The summed E-state index contributed by atoms with van der Waals surface area (Å²) in [5, 5.41) is 20.0. The lowest BCUT2D eigenvalue weighted by Gasteiger charge is -2.39. The third-order valence-corrected chi connectivity index (χ3v) is 9.35. The van der Waals surface area contributed by atoms with Gasteiger partial charge in [-0.15, -0.1) is 5.10 Å². The van der Waals surface area contributed by atoms with E-state index in [1.54, 1.807) is 4.52 Å². The van der Waals surface area contributed by atoms with Crippen molar-refractivity contribution in [1.82, 2.24) is 24.5 Å². The second-order valence-electron chi connectivity index (χ2n) is 12.0. The Morgan fingerprint density at radius 2 is 1.76 bits per heavy atom. The fourth-order valence-electron chi connectivity index (χ4n) is 6.59. The number of carbonyl (C=O) groups excluding carboxylic acids is 1. The van der Waals surface area contributed by atoms with Gasteiger partial charge in [-0.2, -0.15) is 4.98 Å². The number of halogens is 1. The molecule has 0 saturated carbocycles. The van der Waals surface area contributed by atoms with Gasteiger partial charge in [-0.3, -0.25) is 9.78 Å². The first kappa shape index (κ1) is 29.3. The van der Waals surface area contributed by atoms with Crippen LogP contribution in [0.3, 0.4) is 0 Å². The van der Waals surface area contributed by atoms with Crippen molar-refractivity contribution in [3.63, 3.8) is 0 Å². The van der Waals surface area contributed by atoms with Gasteiger partial charge in [0.05, 0.1) is 11.3 Å². The summed E-state index contributed by atoms with van der Waals surface area (Å²) in [7, 11) is 0. The van der Waals surface area contributed by atoms with E-state index >= 15 is 0 Å². The van der Waals surface area contributed by atoms with Crippen molar-refractivity contribution in [3.8, 4) is 0 Å². The lowest BCUT2D eigenvalue weighted by atomic mass is 9.84. The number of nitrogens with zero attached hydrogens (tertiary/aromatic N) is 6. The zero-order chi connectivity index (χ0) is 30.8. The van der Waals surface area contributed by atoms with Crippen molar-refractivity contribution in [2.45, 2.75) is 50.2 Å². The smallest absolute Gasteiger partial charge is 0.254 e. The van der Waals surface area contributed by atoms with E-state index in [-0.39, 0.29) is 11.9 Å². The second-order valence-corrected chi connectivity index (χ2v) is 12.4. The molecule has 1 unspecified atom stereocenters. The fraction of sp³-hybridized carbons (Fsp3) is 0.314. The van der Waals surface area contributed by atoms with Crippen molar-refractivity contribution in [1.29, 1.82) is 0 Å². The summed E-state index contributed by atoms with van der Waals surface area (Å²) in [6, 6.07) is 25.1. The molecular weight excluding hydrogens is 586 g/mol. The Kier molecular flexibility index (Phi) is 8.12. The quantitative estimate of drug-likeness (QED) is 0.222. The lowest BCUT2D eigenvalue weighted by Crippen LogP contribution is -2.45. The van der Waals surface area contributed by atoms with Crippen LogP contribution in [0.15, 0.2) is 91.3 Å². The maximum Gasteiger partial charge on any atom is 0.254 e. The number of fused-ring (bicyclic) bond motifs is 1. The van der Waals surface area contributed by atoms with Gasteiger partial charge < -0.3 is 20.2 Å². The van der Waals surface area contributed by atoms with E-state index in [2.05, 4.69) is 20.3 Å². The van der Waals surface area contributed by atoms with Gasteiger partial charge in [-0.1, -0.05) is 29.8 Å². The Morgan fingerprint density at radius 3 is 2.51 bits per heavy atom. The predicted molar refractivity (Wildman–Crippen MR) is 176 cm³/mol. The maximum atomic E-state index is 13.5. The van der Waals surface area contributed by atoms with Crippen LogP contribution < -0.4 is 10.2 Å². The van der Waals surface area contributed by atoms with E-state index in [0.29, 0.717) is 42.5 Å². The third-order valence-electron chi connectivity index (χ3n) is 9.10. The zero-order valence-corrected chi connectivity index (χ0v) is 25.8. The van der Waals surface area contributed by atoms with Crippen molar-refractivity contribution < 1.29 is 9.90 Å². The Bertz CT molecular complexity index is 1770. The first-order valence-electron chi connectivity index (χ1n) is 15.6. The molecule has 0 aliphatic carbocycles. The molecule has 0 bridgehead atoms. The minimum atomic E-state index is -0.881. The summed E-state index contributed by atoms with van der Waals surface area (Å²) in [4.78, 5) is 27.1. The lowest BCUT2D eigenvalue weighted by molar-refractivity contribution is 0.0118. The SMILES string of the molecule is O=C(c1ccc(Nc2nc3c(N4CCC(O)(c5ccc(Cl)cc5)CC4)cccn3n2)cc1)N1CCCCC1Cc1ccccn1. The minimum absolute atomic E-state index is 0.0576. The summed E-state index contributed by atoms with van der Waals surface area (Å²) in [5.74, 6) is 0.532. The monoisotopic (exact) mass is 621 g/mol. The molecule has 2 saturated heterocycles. The number of rotatable bonds is 7. The standard InChI is InChI=1S/C35H36ClN7O2/c36-27-13-11-26(12-14-27)35(45)17-22-41(23-18-35)31-8-5-21-43-32(31)39-34(40-43)38-28-15-9-25(10-16-28)33(44)42-20-4-2-7-30(42)24-29-6-1-3-19-37-29/h1,3,5-6,8-16,19,21,30,45H,2,4,7,17-18,20,22-24H2,(H,38,40). The van der Waals surface area contributed by atoms with Crippen LogP contribution in [0.1, 0.15) is 53.7 Å². The van der Waals surface area contributed by atoms with Gasteiger partial charge in [0, 0.05) is 66.5 Å². The molecule has 45 heavy (non-hydrogen) atoms. The molecule has 2 aliphatic rings. The van der Waals surface area contributed by atoms with Crippen LogP contribution in [-0.2, 0) is 12.0 Å². The zero-order valence-electron chi connectivity index (χ0n) is 25.0. The maximum absolute atomic E-state index is 13.5. The van der Waals surface area contributed by atoms with Gasteiger partial charge in [0.25, 0.3) is 5.91 Å². The minimum Gasteiger partial charge on any atom is -0.385 e. The highest BCUT2D eigenvalue weighted by atomic mass is 35.5. The molecule has 2 aliphatic heterocycles. The molecule has 2 aromatic carbocycles. The number of carbonyl (C=O) groups is 1. The van der Waals surface area contributed by atoms with E-state index in [0.717, 1.165) is 60.5 Å². The molecule has 10 heteroatoms. The summed E-state index contributed by atoms with van der Waals surface area (Å²) >= 11 is 6.06. The largest absolute Gasteiger partial charge is 0.385 e. The predicted octanol–water partition coefficient (Wildman–Crippen LogP) is 6.25. The molecule has 2 N–H and O–H groups in total. The van der Waals surface area contributed by atoms with E-state index in [1.165, 1.54) is 0 Å². The highest BCUT2D eigenvalue weighted by Gasteiger charge is 2.35. The summed E-state index contributed by atoms with van der Waals surface area (Å²) < 4.78 is 1.77. The summed E-state index contributed by atoms with van der Waals surface area (Å²) in [5.41, 5.74) is 4.22. The first-order valence-corrected chi connectivity index (χ1v) is 16.0. The van der Waals surface area contributed by atoms with Gasteiger partial charge in [-0.25, -0.2) is 4.52 Å². The fourth-order valence-corrected chi connectivity index (χ4v) is 6.72. The van der Waals surface area contributed by atoms with Crippen LogP contribution in [-0.4, -0.2) is 61.2 Å². The number of hydrogen-bond donors (Lipinski definition) is 2. The van der Waals surface area contributed by atoms with Gasteiger partial charge in [-0.05, 0) is 98.3 Å². The Morgan fingerprint density at radius 1 is 0.956 bits per heavy atom. The van der Waals surface area contributed by atoms with Crippen LogP contribution in [0.5, 0.6) is 0 Å². The van der Waals surface area contributed by atoms with Crippen LogP contribution >= 0.6 is 11.6 Å². The van der Waals surface area contributed by atoms with Crippen molar-refractivity contribution >= 4 is 40.5 Å².